The smallest absolute Gasteiger partial charge is 0.259 e. The van der Waals surface area contributed by atoms with Crippen LogP contribution in [-0.4, -0.2) is 20.7 Å². The number of nitrogens with zero attached hydrogens (tertiary/aromatic N) is 3. The van der Waals surface area contributed by atoms with Crippen molar-refractivity contribution >= 4 is 23.2 Å². The molecule has 0 aliphatic rings. The Balaban J connectivity index is 1.86. The lowest BCUT2D eigenvalue weighted by molar-refractivity contribution is 0.102. The van der Waals surface area contributed by atoms with Crippen LogP contribution in [0, 0.1) is 13.8 Å². The summed E-state index contributed by atoms with van der Waals surface area (Å²) in [6, 6.07) is 11.2. The van der Waals surface area contributed by atoms with Crippen LogP contribution in [-0.2, 0) is 6.54 Å². The predicted octanol–water partition coefficient (Wildman–Crippen LogP) is 3.85. The standard InChI is InChI=1S/C18H17ClN4O/c1-12-17(18(24)21-15-7-5-9-20-10-15)13(2)23(22-12)11-14-6-3-4-8-16(14)19/h3-10H,11H2,1-2H3,(H,21,24). The molecular formula is C18H17ClN4O. The minimum Gasteiger partial charge on any atom is -0.320 e. The Morgan fingerprint density at radius 1 is 1.21 bits per heavy atom. The molecule has 0 fully saturated rings. The number of halogens is 1. The fourth-order valence-corrected chi connectivity index (χ4v) is 2.79. The van der Waals surface area contributed by atoms with Crippen molar-refractivity contribution in [2.24, 2.45) is 0 Å². The molecule has 3 aromatic rings. The average Bonchev–Trinajstić information content (AvgIpc) is 2.84. The second kappa shape index (κ2) is 6.84. The van der Waals surface area contributed by atoms with Gasteiger partial charge < -0.3 is 5.32 Å². The lowest BCUT2D eigenvalue weighted by Gasteiger charge is -2.08. The number of pyridine rings is 1. The highest BCUT2D eigenvalue weighted by molar-refractivity contribution is 6.31. The number of nitrogens with one attached hydrogen (secondary N) is 1. The summed E-state index contributed by atoms with van der Waals surface area (Å²) in [6.07, 6.45) is 3.27. The maximum absolute atomic E-state index is 12.6. The first-order valence-corrected chi connectivity index (χ1v) is 7.93. The highest BCUT2D eigenvalue weighted by Gasteiger charge is 2.19. The molecule has 6 heteroatoms. The van der Waals surface area contributed by atoms with Gasteiger partial charge in [0, 0.05) is 16.9 Å². The summed E-state index contributed by atoms with van der Waals surface area (Å²) >= 11 is 6.22. The molecule has 0 atom stereocenters. The molecule has 0 saturated carbocycles. The van der Waals surface area contributed by atoms with Crippen molar-refractivity contribution < 1.29 is 4.79 Å². The monoisotopic (exact) mass is 340 g/mol. The molecule has 122 valence electrons. The Hall–Kier alpha value is -2.66. The quantitative estimate of drug-likeness (QED) is 0.784. The maximum Gasteiger partial charge on any atom is 0.259 e. The molecule has 3 rings (SSSR count). The topological polar surface area (TPSA) is 59.8 Å². The van der Waals surface area contributed by atoms with Crippen molar-refractivity contribution in [2.45, 2.75) is 20.4 Å². The maximum atomic E-state index is 12.6. The van der Waals surface area contributed by atoms with E-state index in [-0.39, 0.29) is 5.91 Å². The van der Waals surface area contributed by atoms with Gasteiger partial charge in [-0.05, 0) is 37.6 Å². The van der Waals surface area contributed by atoms with Crippen molar-refractivity contribution in [1.82, 2.24) is 14.8 Å². The number of carbonyl (C=O) groups excluding carboxylic acids is 1. The van der Waals surface area contributed by atoms with Gasteiger partial charge in [-0.3, -0.25) is 14.5 Å². The Kier molecular flexibility index (Phi) is 4.62. The summed E-state index contributed by atoms with van der Waals surface area (Å²) in [7, 11) is 0. The summed E-state index contributed by atoms with van der Waals surface area (Å²) in [6.45, 7) is 4.23. The molecule has 2 heterocycles. The fourth-order valence-electron chi connectivity index (χ4n) is 2.60. The summed E-state index contributed by atoms with van der Waals surface area (Å²) in [5, 5.41) is 8.02. The lowest BCUT2D eigenvalue weighted by Crippen LogP contribution is -2.14. The summed E-state index contributed by atoms with van der Waals surface area (Å²) in [5.41, 5.74) is 3.67. The number of anilines is 1. The molecule has 0 bridgehead atoms. The van der Waals surface area contributed by atoms with Crippen LogP contribution >= 0.6 is 11.6 Å². The molecule has 0 unspecified atom stereocenters. The van der Waals surface area contributed by atoms with Gasteiger partial charge in [-0.25, -0.2) is 0 Å². The zero-order chi connectivity index (χ0) is 17.1. The minimum absolute atomic E-state index is 0.191. The van der Waals surface area contributed by atoms with Gasteiger partial charge in [-0.2, -0.15) is 5.10 Å². The Bertz CT molecular complexity index is 874. The third-order valence-corrected chi connectivity index (χ3v) is 4.17. The van der Waals surface area contributed by atoms with E-state index in [1.165, 1.54) is 0 Å². The molecule has 5 nitrogen and oxygen atoms in total. The van der Waals surface area contributed by atoms with E-state index < -0.39 is 0 Å². The van der Waals surface area contributed by atoms with Gasteiger partial charge in [0.1, 0.15) is 0 Å². The first-order chi connectivity index (χ1) is 11.6. The first-order valence-electron chi connectivity index (χ1n) is 7.55. The van der Waals surface area contributed by atoms with Crippen molar-refractivity contribution in [1.29, 1.82) is 0 Å². The average molecular weight is 341 g/mol. The fraction of sp³-hybridized carbons (Fsp3) is 0.167. The number of carbonyl (C=O) groups is 1. The van der Waals surface area contributed by atoms with Gasteiger partial charge in [-0.15, -0.1) is 0 Å². The molecule has 1 aromatic carbocycles. The predicted molar refractivity (Wildman–Crippen MR) is 94.4 cm³/mol. The van der Waals surface area contributed by atoms with Crippen LogP contribution in [0.4, 0.5) is 5.69 Å². The zero-order valence-electron chi connectivity index (χ0n) is 13.5. The van der Waals surface area contributed by atoms with Crippen molar-refractivity contribution in [3.63, 3.8) is 0 Å². The molecule has 1 amide bonds. The highest BCUT2D eigenvalue weighted by Crippen LogP contribution is 2.20. The number of amides is 1. The molecule has 0 aliphatic carbocycles. The number of aromatic nitrogens is 3. The Morgan fingerprint density at radius 2 is 2.00 bits per heavy atom. The molecule has 24 heavy (non-hydrogen) atoms. The van der Waals surface area contributed by atoms with E-state index in [0.717, 1.165) is 11.3 Å². The van der Waals surface area contributed by atoms with Crippen LogP contribution < -0.4 is 5.32 Å². The van der Waals surface area contributed by atoms with Crippen LogP contribution in [0.2, 0.25) is 5.02 Å². The van der Waals surface area contributed by atoms with Crippen molar-refractivity contribution in [3.05, 3.63) is 76.3 Å². The molecular weight excluding hydrogens is 324 g/mol. The summed E-state index contributed by atoms with van der Waals surface area (Å²) < 4.78 is 1.80. The number of benzene rings is 1. The van der Waals surface area contributed by atoms with Gasteiger partial charge >= 0.3 is 0 Å². The van der Waals surface area contributed by atoms with E-state index in [1.807, 2.05) is 38.1 Å². The van der Waals surface area contributed by atoms with E-state index in [4.69, 9.17) is 11.6 Å². The number of hydrogen-bond donors (Lipinski definition) is 1. The minimum atomic E-state index is -0.191. The number of rotatable bonds is 4. The third kappa shape index (κ3) is 3.31. The second-order valence-corrected chi connectivity index (χ2v) is 5.90. The molecule has 2 aromatic heterocycles. The van der Waals surface area contributed by atoms with Gasteiger partial charge in [0.05, 0.1) is 29.7 Å². The Morgan fingerprint density at radius 3 is 2.71 bits per heavy atom. The zero-order valence-corrected chi connectivity index (χ0v) is 14.2. The van der Waals surface area contributed by atoms with Crippen molar-refractivity contribution in [3.8, 4) is 0 Å². The molecule has 0 saturated heterocycles. The van der Waals surface area contributed by atoms with Crippen LogP contribution in [0.5, 0.6) is 0 Å². The third-order valence-electron chi connectivity index (χ3n) is 3.81. The van der Waals surface area contributed by atoms with Gasteiger partial charge in [0.25, 0.3) is 5.91 Å². The van der Waals surface area contributed by atoms with E-state index in [0.29, 0.717) is 28.5 Å². The van der Waals surface area contributed by atoms with Gasteiger partial charge in [-0.1, -0.05) is 29.8 Å². The number of aryl methyl sites for hydroxylation is 1. The van der Waals surface area contributed by atoms with E-state index in [9.17, 15) is 4.79 Å². The SMILES string of the molecule is Cc1nn(Cc2ccccc2Cl)c(C)c1C(=O)Nc1cccnc1. The normalized spacial score (nSPS) is 10.6. The summed E-state index contributed by atoms with van der Waals surface area (Å²) in [5.74, 6) is -0.191. The lowest BCUT2D eigenvalue weighted by atomic mass is 10.1. The van der Waals surface area contributed by atoms with Crippen LogP contribution in [0.1, 0.15) is 27.3 Å². The molecule has 0 radical (unpaired) electrons. The van der Waals surface area contributed by atoms with Crippen LogP contribution in [0.3, 0.4) is 0 Å². The van der Waals surface area contributed by atoms with E-state index >= 15 is 0 Å². The van der Waals surface area contributed by atoms with Gasteiger partial charge in [0.15, 0.2) is 0 Å². The van der Waals surface area contributed by atoms with E-state index in [2.05, 4.69) is 15.4 Å². The van der Waals surface area contributed by atoms with Crippen LogP contribution in [0.15, 0.2) is 48.8 Å². The number of hydrogen-bond acceptors (Lipinski definition) is 3. The second-order valence-electron chi connectivity index (χ2n) is 5.49. The molecule has 1 N–H and O–H groups in total. The highest BCUT2D eigenvalue weighted by atomic mass is 35.5. The molecule has 0 spiro atoms. The summed E-state index contributed by atoms with van der Waals surface area (Å²) in [4.78, 5) is 16.6. The van der Waals surface area contributed by atoms with Crippen LogP contribution in [0.25, 0.3) is 0 Å². The molecule has 0 aliphatic heterocycles. The van der Waals surface area contributed by atoms with Crippen molar-refractivity contribution in [2.75, 3.05) is 5.32 Å². The van der Waals surface area contributed by atoms with E-state index in [1.54, 1.807) is 29.2 Å². The first kappa shape index (κ1) is 16.2. The Labute approximate surface area is 145 Å². The van der Waals surface area contributed by atoms with Gasteiger partial charge in [0.2, 0.25) is 0 Å². The largest absolute Gasteiger partial charge is 0.320 e.